The summed E-state index contributed by atoms with van der Waals surface area (Å²) in [5, 5.41) is 5.01. The number of anilines is 1. The number of benzene rings is 1. The van der Waals surface area contributed by atoms with Gasteiger partial charge in [0.15, 0.2) is 0 Å². The summed E-state index contributed by atoms with van der Waals surface area (Å²) in [5.74, 6) is 0. The zero-order valence-electron chi connectivity index (χ0n) is 14.9. The highest BCUT2D eigenvalue weighted by Gasteiger charge is 2.38. The first-order valence-corrected chi connectivity index (χ1v) is 9.46. The molecule has 0 aliphatic carbocycles. The number of fused-ring (bicyclic) bond motifs is 2. The van der Waals surface area contributed by atoms with E-state index >= 15 is 0 Å². The van der Waals surface area contributed by atoms with E-state index < -0.39 is 22.8 Å². The average Bonchev–Trinajstić information content (AvgIpc) is 2.56. The van der Waals surface area contributed by atoms with Gasteiger partial charge in [-0.2, -0.15) is 13.2 Å². The molecule has 2 fully saturated rings. The summed E-state index contributed by atoms with van der Waals surface area (Å²) in [6.07, 6.45) is 2.39. The number of alkyl halides is 3. The van der Waals surface area contributed by atoms with E-state index in [0.29, 0.717) is 12.1 Å². The van der Waals surface area contributed by atoms with Gasteiger partial charge < -0.3 is 10.6 Å². The highest BCUT2D eigenvalue weighted by atomic mass is 35.5. The van der Waals surface area contributed by atoms with Crippen LogP contribution in [0.1, 0.15) is 37.7 Å². The van der Waals surface area contributed by atoms with Gasteiger partial charge >= 0.3 is 12.2 Å². The second-order valence-corrected chi connectivity index (χ2v) is 7.59. The largest absolute Gasteiger partial charge is 0.417 e. The minimum Gasteiger partial charge on any atom is -0.335 e. The Balaban J connectivity index is 1.61. The standard InChI is InChI=1S/C19H23ClF3N3O/c1-2-8-26-14-4-3-5-15(26)10-13(9-14)25-18(27)24-12-6-7-17(20)16(11-12)19(21,22)23/h2,6-7,11,13-15H,1,3-5,8-10H2,(H2,24,25,27)/t13?,14-,15+. The first-order chi connectivity index (χ1) is 12.8. The van der Waals surface area contributed by atoms with Crippen LogP contribution in [0.2, 0.25) is 5.02 Å². The van der Waals surface area contributed by atoms with Crippen LogP contribution in [0, 0.1) is 0 Å². The fraction of sp³-hybridized carbons (Fsp3) is 0.526. The number of nitrogens with zero attached hydrogens (tertiary/aromatic N) is 1. The zero-order chi connectivity index (χ0) is 19.6. The van der Waals surface area contributed by atoms with Crippen molar-refractivity contribution < 1.29 is 18.0 Å². The van der Waals surface area contributed by atoms with Crippen molar-refractivity contribution >= 4 is 23.3 Å². The Labute approximate surface area is 161 Å². The fourth-order valence-corrected chi connectivity index (χ4v) is 4.44. The van der Waals surface area contributed by atoms with Gasteiger partial charge in [0.2, 0.25) is 0 Å². The third-order valence-corrected chi connectivity index (χ3v) is 5.66. The number of hydrogen-bond acceptors (Lipinski definition) is 2. The smallest absolute Gasteiger partial charge is 0.335 e. The van der Waals surface area contributed by atoms with Crippen LogP contribution in [0.4, 0.5) is 23.7 Å². The van der Waals surface area contributed by atoms with Crippen LogP contribution >= 0.6 is 11.6 Å². The number of urea groups is 1. The molecule has 4 nitrogen and oxygen atoms in total. The number of hydrogen-bond donors (Lipinski definition) is 2. The molecule has 2 bridgehead atoms. The molecule has 148 valence electrons. The second-order valence-electron chi connectivity index (χ2n) is 7.18. The number of amides is 2. The van der Waals surface area contributed by atoms with E-state index in [9.17, 15) is 18.0 Å². The van der Waals surface area contributed by atoms with Crippen LogP contribution in [0.15, 0.2) is 30.9 Å². The minimum atomic E-state index is -4.57. The van der Waals surface area contributed by atoms with Gasteiger partial charge in [-0.05, 0) is 43.9 Å². The number of nitrogens with one attached hydrogen (secondary N) is 2. The molecule has 0 spiro atoms. The number of halogens is 4. The predicted molar refractivity (Wildman–Crippen MR) is 100.0 cm³/mol. The van der Waals surface area contributed by atoms with Crippen LogP contribution in [0.3, 0.4) is 0 Å². The van der Waals surface area contributed by atoms with Gasteiger partial charge in [-0.3, -0.25) is 4.90 Å². The summed E-state index contributed by atoms with van der Waals surface area (Å²) in [7, 11) is 0. The Bertz CT molecular complexity index is 696. The quantitative estimate of drug-likeness (QED) is 0.693. The maximum atomic E-state index is 12.9. The molecule has 2 aliphatic rings. The van der Waals surface area contributed by atoms with E-state index in [1.807, 2.05) is 6.08 Å². The van der Waals surface area contributed by atoms with Crippen LogP contribution < -0.4 is 10.6 Å². The van der Waals surface area contributed by atoms with Gasteiger partial charge in [0.05, 0.1) is 10.6 Å². The number of piperidine rings is 2. The van der Waals surface area contributed by atoms with Crippen molar-refractivity contribution in [1.82, 2.24) is 10.2 Å². The Morgan fingerprint density at radius 3 is 2.56 bits per heavy atom. The van der Waals surface area contributed by atoms with Crippen molar-refractivity contribution in [2.45, 2.75) is 56.4 Å². The van der Waals surface area contributed by atoms with Crippen LogP contribution in [0.5, 0.6) is 0 Å². The van der Waals surface area contributed by atoms with Crippen molar-refractivity contribution in [1.29, 1.82) is 0 Å². The van der Waals surface area contributed by atoms with Crippen LogP contribution in [-0.4, -0.2) is 35.6 Å². The lowest BCUT2D eigenvalue weighted by atomic mass is 9.82. The molecule has 1 unspecified atom stereocenters. The van der Waals surface area contributed by atoms with Gasteiger partial charge in [-0.15, -0.1) is 6.58 Å². The summed E-state index contributed by atoms with van der Waals surface area (Å²) in [4.78, 5) is 14.7. The van der Waals surface area contributed by atoms with Gasteiger partial charge in [0.1, 0.15) is 0 Å². The molecule has 2 N–H and O–H groups in total. The Hall–Kier alpha value is -1.73. The summed E-state index contributed by atoms with van der Waals surface area (Å²) < 4.78 is 38.8. The summed E-state index contributed by atoms with van der Waals surface area (Å²) in [5.41, 5.74) is -0.900. The maximum absolute atomic E-state index is 12.9. The van der Waals surface area contributed by atoms with E-state index in [1.54, 1.807) is 0 Å². The SMILES string of the molecule is C=CCN1[C@@H]2CCC[C@H]1CC(NC(=O)Nc1ccc(Cl)c(C(F)(F)F)c1)C2. The van der Waals surface area contributed by atoms with E-state index in [4.69, 9.17) is 11.6 Å². The molecule has 1 aromatic rings. The normalized spacial score (nSPS) is 25.7. The van der Waals surface area contributed by atoms with E-state index in [0.717, 1.165) is 44.4 Å². The Morgan fingerprint density at radius 1 is 1.30 bits per heavy atom. The molecular weight excluding hydrogens is 379 g/mol. The van der Waals surface area contributed by atoms with Gasteiger partial charge in [-0.25, -0.2) is 4.79 Å². The van der Waals surface area contributed by atoms with Crippen molar-refractivity contribution in [3.63, 3.8) is 0 Å². The molecule has 3 atom stereocenters. The number of carbonyl (C=O) groups is 1. The van der Waals surface area contributed by atoms with Crippen molar-refractivity contribution in [3.05, 3.63) is 41.4 Å². The first-order valence-electron chi connectivity index (χ1n) is 9.09. The lowest BCUT2D eigenvalue weighted by molar-refractivity contribution is -0.137. The van der Waals surface area contributed by atoms with Crippen molar-refractivity contribution in [3.8, 4) is 0 Å². The van der Waals surface area contributed by atoms with Gasteiger partial charge in [-0.1, -0.05) is 24.1 Å². The molecule has 8 heteroatoms. The van der Waals surface area contributed by atoms with Crippen molar-refractivity contribution in [2.75, 3.05) is 11.9 Å². The molecule has 2 amide bonds. The van der Waals surface area contributed by atoms with E-state index in [-0.39, 0.29) is 11.7 Å². The van der Waals surface area contributed by atoms with Crippen LogP contribution in [-0.2, 0) is 6.18 Å². The molecule has 1 aromatic carbocycles. The maximum Gasteiger partial charge on any atom is 0.417 e. The van der Waals surface area contributed by atoms with Crippen LogP contribution in [0.25, 0.3) is 0 Å². The molecule has 0 saturated carbocycles. The fourth-order valence-electron chi connectivity index (χ4n) is 4.22. The van der Waals surface area contributed by atoms with Gasteiger partial charge in [0, 0.05) is 30.4 Å². The number of rotatable bonds is 4. The average molecular weight is 402 g/mol. The molecular formula is C19H23ClF3N3O. The van der Waals surface area contributed by atoms with E-state index in [1.165, 1.54) is 12.5 Å². The second kappa shape index (κ2) is 8.10. The van der Waals surface area contributed by atoms with Gasteiger partial charge in [0.25, 0.3) is 0 Å². The van der Waals surface area contributed by atoms with Crippen molar-refractivity contribution in [2.24, 2.45) is 0 Å². The highest BCUT2D eigenvalue weighted by molar-refractivity contribution is 6.31. The predicted octanol–water partition coefficient (Wildman–Crippen LogP) is 5.05. The molecule has 2 heterocycles. The Kier molecular flexibility index (Phi) is 6.01. The third-order valence-electron chi connectivity index (χ3n) is 5.33. The lowest BCUT2D eigenvalue weighted by Crippen LogP contribution is -2.57. The zero-order valence-corrected chi connectivity index (χ0v) is 15.6. The highest BCUT2D eigenvalue weighted by Crippen LogP contribution is 2.36. The molecule has 2 saturated heterocycles. The summed E-state index contributed by atoms with van der Waals surface area (Å²) >= 11 is 5.61. The molecule has 0 aromatic heterocycles. The first kappa shape index (κ1) is 20.0. The lowest BCUT2D eigenvalue weighted by Gasteiger charge is -2.48. The number of carbonyl (C=O) groups excluding carboxylic acids is 1. The van der Waals surface area contributed by atoms with E-state index in [2.05, 4.69) is 22.1 Å². The topological polar surface area (TPSA) is 44.4 Å². The summed E-state index contributed by atoms with van der Waals surface area (Å²) in [6.45, 7) is 4.66. The monoisotopic (exact) mass is 401 g/mol. The minimum absolute atomic E-state index is 0.00996. The molecule has 0 radical (unpaired) electrons. The molecule has 27 heavy (non-hydrogen) atoms. The third kappa shape index (κ3) is 4.76. The summed E-state index contributed by atoms with van der Waals surface area (Å²) in [6, 6.07) is 3.68. The Morgan fingerprint density at radius 2 is 1.96 bits per heavy atom. The molecule has 3 rings (SSSR count). The molecule has 2 aliphatic heterocycles.